The molecule has 27 heavy (non-hydrogen) atoms. The molecule has 4 rings (SSSR count). The van der Waals surface area contributed by atoms with Gasteiger partial charge in [-0.25, -0.2) is 0 Å². The van der Waals surface area contributed by atoms with Crippen LogP contribution in [0.2, 0.25) is 0 Å². The first-order valence-electron chi connectivity index (χ1n) is 9.34. The Labute approximate surface area is 157 Å². The second-order valence-electron chi connectivity index (χ2n) is 7.07. The normalized spacial score (nSPS) is 18.9. The van der Waals surface area contributed by atoms with Gasteiger partial charge in [0, 0.05) is 48.8 Å². The van der Waals surface area contributed by atoms with E-state index in [0.717, 1.165) is 16.7 Å². The van der Waals surface area contributed by atoms with E-state index >= 15 is 0 Å². The summed E-state index contributed by atoms with van der Waals surface area (Å²) in [5.74, 6) is 0.314. The van der Waals surface area contributed by atoms with Crippen molar-refractivity contribution in [2.24, 2.45) is 0 Å². The maximum Gasteiger partial charge on any atom is 0.251 e. The maximum absolute atomic E-state index is 12.6. The van der Waals surface area contributed by atoms with Crippen molar-refractivity contribution in [3.8, 4) is 5.75 Å². The van der Waals surface area contributed by atoms with Crippen LogP contribution in [0.25, 0.3) is 10.9 Å². The first kappa shape index (κ1) is 18.0. The smallest absolute Gasteiger partial charge is 0.251 e. The molecule has 0 radical (unpaired) electrons. The van der Waals surface area contributed by atoms with Gasteiger partial charge in [0.05, 0.1) is 20.3 Å². The van der Waals surface area contributed by atoms with E-state index in [1.807, 2.05) is 29.2 Å². The summed E-state index contributed by atoms with van der Waals surface area (Å²) in [5.41, 5.74) is 1.22. The number of nitrogens with one attached hydrogen (secondary N) is 1. The first-order chi connectivity index (χ1) is 13.1. The first-order valence-corrected chi connectivity index (χ1v) is 9.34. The molecule has 144 valence electrons. The number of aromatic nitrogens is 1. The molecule has 0 saturated carbocycles. The number of aromatic amines is 1. The molecule has 1 aromatic carbocycles. The molecule has 1 spiro atoms. The predicted molar refractivity (Wildman–Crippen MR) is 99.9 cm³/mol. The number of nitrogens with zero attached hydrogens (tertiary/aromatic N) is 1. The quantitative estimate of drug-likeness (QED) is 0.886. The largest absolute Gasteiger partial charge is 0.497 e. The van der Waals surface area contributed by atoms with Gasteiger partial charge < -0.3 is 24.1 Å². The number of carbonyl (C=O) groups is 1. The van der Waals surface area contributed by atoms with Crippen LogP contribution in [0.5, 0.6) is 5.75 Å². The number of pyridine rings is 1. The third-order valence-electron chi connectivity index (χ3n) is 5.43. The third-order valence-corrected chi connectivity index (χ3v) is 5.43. The third kappa shape index (κ3) is 3.70. The second kappa shape index (κ2) is 7.32. The SMILES string of the molecule is COc1ccc2[nH]c(=O)c(CCC(=O)N3CCC4(CC3)OCCO4)cc2c1. The van der Waals surface area contributed by atoms with Gasteiger partial charge in [-0.1, -0.05) is 0 Å². The van der Waals surface area contributed by atoms with Gasteiger partial charge in [-0.3, -0.25) is 9.59 Å². The van der Waals surface area contributed by atoms with Gasteiger partial charge >= 0.3 is 0 Å². The number of methoxy groups -OCH3 is 1. The number of rotatable bonds is 4. The van der Waals surface area contributed by atoms with Crippen LogP contribution in [0.4, 0.5) is 0 Å². The van der Waals surface area contributed by atoms with Crippen molar-refractivity contribution in [2.45, 2.75) is 31.5 Å². The highest BCUT2D eigenvalue weighted by molar-refractivity contribution is 5.81. The molecule has 2 saturated heterocycles. The van der Waals surface area contributed by atoms with Crippen LogP contribution in [0.15, 0.2) is 29.1 Å². The number of amides is 1. The summed E-state index contributed by atoms with van der Waals surface area (Å²) in [6.07, 6.45) is 2.13. The summed E-state index contributed by atoms with van der Waals surface area (Å²) in [5, 5.41) is 0.895. The van der Waals surface area contributed by atoms with Crippen molar-refractivity contribution < 1.29 is 19.0 Å². The fourth-order valence-electron chi connectivity index (χ4n) is 3.82. The summed E-state index contributed by atoms with van der Waals surface area (Å²) in [4.78, 5) is 29.6. The Bertz CT molecular complexity index is 891. The van der Waals surface area contributed by atoms with Crippen molar-refractivity contribution >= 4 is 16.8 Å². The molecule has 7 heteroatoms. The molecule has 7 nitrogen and oxygen atoms in total. The standard InChI is InChI=1S/C20H24N2O5/c1-25-16-3-4-17-15(13-16)12-14(19(24)21-17)2-5-18(23)22-8-6-20(7-9-22)26-10-11-27-20/h3-4,12-13H,2,5-11H2,1H3,(H,21,24). The van der Waals surface area contributed by atoms with Crippen molar-refractivity contribution in [1.29, 1.82) is 0 Å². The van der Waals surface area contributed by atoms with Crippen molar-refractivity contribution in [3.05, 3.63) is 40.2 Å². The number of benzene rings is 1. The zero-order chi connectivity index (χ0) is 18.9. The number of carbonyl (C=O) groups excluding carboxylic acids is 1. The van der Waals surface area contributed by atoms with E-state index < -0.39 is 5.79 Å². The predicted octanol–water partition coefficient (Wildman–Crippen LogP) is 1.83. The number of hydrogen-bond donors (Lipinski definition) is 1. The number of aryl methyl sites for hydroxylation is 1. The minimum Gasteiger partial charge on any atom is -0.497 e. The molecule has 0 aliphatic carbocycles. The van der Waals surface area contributed by atoms with Crippen LogP contribution < -0.4 is 10.3 Å². The lowest BCUT2D eigenvalue weighted by Gasteiger charge is -2.37. The Balaban J connectivity index is 1.40. The number of ether oxygens (including phenoxy) is 3. The minimum atomic E-state index is -0.481. The average molecular weight is 372 g/mol. The Morgan fingerprint density at radius 3 is 2.67 bits per heavy atom. The molecule has 2 aromatic rings. The van der Waals surface area contributed by atoms with Crippen molar-refractivity contribution in [2.75, 3.05) is 33.4 Å². The molecule has 1 amide bonds. The van der Waals surface area contributed by atoms with Crippen LogP contribution in [0, 0.1) is 0 Å². The van der Waals surface area contributed by atoms with Gasteiger partial charge in [-0.05, 0) is 30.7 Å². The lowest BCUT2D eigenvalue weighted by molar-refractivity contribution is -0.187. The highest BCUT2D eigenvalue weighted by Crippen LogP contribution is 2.31. The summed E-state index contributed by atoms with van der Waals surface area (Å²) < 4.78 is 16.6. The molecule has 3 heterocycles. The van der Waals surface area contributed by atoms with Crippen LogP contribution in [0.3, 0.4) is 0 Å². The van der Waals surface area contributed by atoms with Crippen molar-refractivity contribution in [3.63, 3.8) is 0 Å². The van der Waals surface area contributed by atoms with Crippen molar-refractivity contribution in [1.82, 2.24) is 9.88 Å². The minimum absolute atomic E-state index is 0.0630. The fourth-order valence-corrected chi connectivity index (χ4v) is 3.82. The van der Waals surface area contributed by atoms with E-state index in [2.05, 4.69) is 4.98 Å². The van der Waals surface area contributed by atoms with Crippen LogP contribution in [-0.4, -0.2) is 55.0 Å². The topological polar surface area (TPSA) is 80.9 Å². The Morgan fingerprint density at radius 2 is 1.96 bits per heavy atom. The average Bonchev–Trinajstić information content (AvgIpc) is 3.14. The number of hydrogen-bond acceptors (Lipinski definition) is 5. The fraction of sp³-hybridized carbons (Fsp3) is 0.500. The summed E-state index contributed by atoms with van der Waals surface area (Å²) in [6, 6.07) is 7.35. The van der Waals surface area contributed by atoms with E-state index in [-0.39, 0.29) is 11.5 Å². The monoisotopic (exact) mass is 372 g/mol. The van der Waals surface area contributed by atoms with Crippen LogP contribution in [-0.2, 0) is 20.7 Å². The summed E-state index contributed by atoms with van der Waals surface area (Å²) >= 11 is 0. The molecular formula is C20H24N2O5. The highest BCUT2D eigenvalue weighted by atomic mass is 16.7. The Kier molecular flexibility index (Phi) is 4.88. The van der Waals surface area contributed by atoms with Gasteiger partial charge in [0.1, 0.15) is 5.75 Å². The molecular weight excluding hydrogens is 348 g/mol. The lowest BCUT2D eigenvalue weighted by atomic mass is 10.0. The van der Waals surface area contributed by atoms with Gasteiger partial charge in [-0.15, -0.1) is 0 Å². The molecule has 0 bridgehead atoms. The molecule has 2 aliphatic rings. The van der Waals surface area contributed by atoms with E-state index in [9.17, 15) is 9.59 Å². The van der Waals surface area contributed by atoms with Gasteiger partial charge in [0.15, 0.2) is 5.79 Å². The lowest BCUT2D eigenvalue weighted by Crippen LogP contribution is -2.47. The number of likely N-dealkylation sites (tertiary alicyclic amines) is 1. The van der Waals surface area contributed by atoms with Gasteiger partial charge in [0.2, 0.25) is 5.91 Å². The summed E-state index contributed by atoms with van der Waals surface area (Å²) in [7, 11) is 1.61. The molecule has 0 unspecified atom stereocenters. The van der Waals surface area contributed by atoms with Gasteiger partial charge in [0.25, 0.3) is 5.56 Å². The molecule has 2 fully saturated rings. The zero-order valence-electron chi connectivity index (χ0n) is 15.5. The number of H-pyrrole nitrogens is 1. The van der Waals surface area contributed by atoms with Crippen LogP contribution in [0.1, 0.15) is 24.8 Å². The number of piperidine rings is 1. The number of fused-ring (bicyclic) bond motifs is 1. The Hall–Kier alpha value is -2.38. The zero-order valence-corrected chi connectivity index (χ0v) is 15.5. The van der Waals surface area contributed by atoms with E-state index in [4.69, 9.17) is 14.2 Å². The molecule has 1 aromatic heterocycles. The van der Waals surface area contributed by atoms with Gasteiger partial charge in [-0.2, -0.15) is 0 Å². The Morgan fingerprint density at radius 1 is 1.22 bits per heavy atom. The maximum atomic E-state index is 12.6. The second-order valence-corrected chi connectivity index (χ2v) is 7.07. The molecule has 2 aliphatic heterocycles. The van der Waals surface area contributed by atoms with Crippen LogP contribution >= 0.6 is 0 Å². The van der Waals surface area contributed by atoms with E-state index in [1.165, 1.54) is 0 Å². The summed E-state index contributed by atoms with van der Waals surface area (Å²) in [6.45, 7) is 2.52. The van der Waals surface area contributed by atoms with E-state index in [0.29, 0.717) is 57.6 Å². The molecule has 0 atom stereocenters. The molecule has 1 N–H and O–H groups in total. The van der Waals surface area contributed by atoms with E-state index in [1.54, 1.807) is 7.11 Å². The highest BCUT2D eigenvalue weighted by Gasteiger charge is 2.40.